The highest BCUT2D eigenvalue weighted by molar-refractivity contribution is 7.99. The lowest BCUT2D eigenvalue weighted by atomic mass is 10.0. The van der Waals surface area contributed by atoms with Crippen LogP contribution in [0, 0.1) is 6.92 Å². The number of hydrogen-bond acceptors (Lipinski definition) is 2. The molecule has 0 fully saturated rings. The van der Waals surface area contributed by atoms with Gasteiger partial charge in [-0.15, -0.1) is 11.8 Å². The first-order chi connectivity index (χ1) is 11.0. The molecular weight excluding hydrogens is 326 g/mol. The average molecular weight is 348 g/mol. The third-order valence-corrected chi connectivity index (χ3v) is 4.85. The van der Waals surface area contributed by atoms with Crippen molar-refractivity contribution in [3.63, 3.8) is 0 Å². The van der Waals surface area contributed by atoms with E-state index in [-0.39, 0.29) is 5.91 Å². The van der Waals surface area contributed by atoms with E-state index >= 15 is 0 Å². The van der Waals surface area contributed by atoms with Gasteiger partial charge in [0, 0.05) is 16.5 Å². The average Bonchev–Trinajstić information content (AvgIpc) is 2.50. The lowest BCUT2D eigenvalue weighted by Crippen LogP contribution is -2.14. The van der Waals surface area contributed by atoms with Crippen LogP contribution in [0.2, 0.25) is 5.02 Å². The van der Waals surface area contributed by atoms with Crippen molar-refractivity contribution in [1.82, 2.24) is 0 Å². The predicted molar refractivity (Wildman–Crippen MR) is 102 cm³/mol. The molecule has 2 aromatic carbocycles. The molecule has 0 saturated carbocycles. The van der Waals surface area contributed by atoms with E-state index < -0.39 is 0 Å². The zero-order chi connectivity index (χ0) is 16.8. The number of rotatable bonds is 6. The van der Waals surface area contributed by atoms with E-state index in [1.54, 1.807) is 17.8 Å². The van der Waals surface area contributed by atoms with Crippen LogP contribution in [0.5, 0.6) is 0 Å². The second kappa shape index (κ2) is 8.42. The fourth-order valence-corrected chi connectivity index (χ4v) is 3.23. The van der Waals surface area contributed by atoms with Crippen molar-refractivity contribution in [3.05, 3.63) is 64.2 Å². The molecule has 1 N–H and O–H groups in total. The number of aryl methyl sites for hydroxylation is 1. The maximum Gasteiger partial charge on any atom is 0.234 e. The third-order valence-electron chi connectivity index (χ3n) is 3.61. The van der Waals surface area contributed by atoms with Gasteiger partial charge in [-0.05, 0) is 47.7 Å². The number of hydrogen-bond donors (Lipinski definition) is 1. The fraction of sp³-hybridized carbons (Fsp3) is 0.316. The van der Waals surface area contributed by atoms with Crippen LogP contribution in [0.4, 0.5) is 5.69 Å². The first-order valence-corrected chi connectivity index (χ1v) is 9.21. The van der Waals surface area contributed by atoms with Crippen LogP contribution in [-0.4, -0.2) is 11.7 Å². The molecule has 0 heterocycles. The summed E-state index contributed by atoms with van der Waals surface area (Å²) in [5.74, 6) is 1.84. The van der Waals surface area contributed by atoms with Crippen LogP contribution >= 0.6 is 23.4 Å². The minimum absolute atomic E-state index is 0.0132. The van der Waals surface area contributed by atoms with Gasteiger partial charge in [0.1, 0.15) is 0 Å². The summed E-state index contributed by atoms with van der Waals surface area (Å²) in [6.07, 6.45) is 0. The van der Waals surface area contributed by atoms with E-state index in [4.69, 9.17) is 11.6 Å². The Morgan fingerprint density at radius 3 is 2.48 bits per heavy atom. The second-order valence-corrected chi connectivity index (χ2v) is 7.32. The molecule has 0 spiro atoms. The first kappa shape index (κ1) is 17.9. The molecule has 0 aliphatic rings. The highest BCUT2D eigenvalue weighted by atomic mass is 35.5. The summed E-state index contributed by atoms with van der Waals surface area (Å²) < 4.78 is 0. The third kappa shape index (κ3) is 5.60. The largest absolute Gasteiger partial charge is 0.325 e. The standard InChI is InChI=1S/C19H22ClNOS/c1-13(2)16-6-4-15(5-7-16)11-23-12-19(22)21-18-9-8-17(20)10-14(18)3/h4-10,13H,11-12H2,1-3H3,(H,21,22). The van der Waals surface area contributed by atoms with Gasteiger partial charge in [0.15, 0.2) is 0 Å². The Bertz CT molecular complexity index is 668. The molecule has 2 rings (SSSR count). The lowest BCUT2D eigenvalue weighted by molar-refractivity contribution is -0.113. The predicted octanol–water partition coefficient (Wildman–Crippen LogP) is 5.64. The van der Waals surface area contributed by atoms with Crippen molar-refractivity contribution in [2.24, 2.45) is 0 Å². The van der Waals surface area contributed by atoms with Crippen molar-refractivity contribution in [2.75, 3.05) is 11.1 Å². The molecule has 0 aliphatic carbocycles. The number of anilines is 1. The second-order valence-electron chi connectivity index (χ2n) is 5.90. The molecule has 0 bridgehead atoms. The van der Waals surface area contributed by atoms with E-state index in [9.17, 15) is 4.79 Å². The van der Waals surface area contributed by atoms with Gasteiger partial charge in [-0.1, -0.05) is 49.7 Å². The number of carbonyl (C=O) groups excluding carboxylic acids is 1. The molecule has 0 saturated heterocycles. The van der Waals surface area contributed by atoms with Crippen molar-refractivity contribution < 1.29 is 4.79 Å². The molecule has 0 atom stereocenters. The van der Waals surface area contributed by atoms with Crippen LogP contribution in [0.3, 0.4) is 0 Å². The number of carbonyl (C=O) groups is 1. The smallest absolute Gasteiger partial charge is 0.234 e. The number of amides is 1. The van der Waals surface area contributed by atoms with Gasteiger partial charge in [-0.2, -0.15) is 0 Å². The molecule has 0 unspecified atom stereocenters. The summed E-state index contributed by atoms with van der Waals surface area (Å²) in [7, 11) is 0. The Kier molecular flexibility index (Phi) is 6.55. The van der Waals surface area contributed by atoms with Crippen LogP contribution in [0.1, 0.15) is 36.5 Å². The van der Waals surface area contributed by atoms with Crippen molar-refractivity contribution in [2.45, 2.75) is 32.4 Å². The molecule has 0 aliphatic heterocycles. The summed E-state index contributed by atoms with van der Waals surface area (Å²) in [4.78, 5) is 12.0. The van der Waals surface area contributed by atoms with Gasteiger partial charge in [-0.25, -0.2) is 0 Å². The Hall–Kier alpha value is -1.45. The van der Waals surface area contributed by atoms with Crippen LogP contribution in [0.25, 0.3) is 0 Å². The number of nitrogens with one attached hydrogen (secondary N) is 1. The maximum absolute atomic E-state index is 12.0. The molecule has 122 valence electrons. The molecule has 1 amide bonds. The minimum Gasteiger partial charge on any atom is -0.325 e. The van der Waals surface area contributed by atoms with Gasteiger partial charge in [0.2, 0.25) is 5.91 Å². The highest BCUT2D eigenvalue weighted by Gasteiger charge is 2.06. The van der Waals surface area contributed by atoms with E-state index in [0.717, 1.165) is 17.0 Å². The molecule has 0 radical (unpaired) electrons. The number of halogens is 1. The molecule has 4 heteroatoms. The molecular formula is C19H22ClNOS. The summed E-state index contributed by atoms with van der Waals surface area (Å²) in [5, 5.41) is 3.61. The van der Waals surface area contributed by atoms with Crippen molar-refractivity contribution in [3.8, 4) is 0 Å². The topological polar surface area (TPSA) is 29.1 Å². The Morgan fingerprint density at radius 2 is 1.87 bits per heavy atom. The summed E-state index contributed by atoms with van der Waals surface area (Å²) in [6.45, 7) is 6.31. The molecule has 23 heavy (non-hydrogen) atoms. The summed E-state index contributed by atoms with van der Waals surface area (Å²) in [6, 6.07) is 14.1. The van der Waals surface area contributed by atoms with E-state index in [0.29, 0.717) is 16.7 Å². The van der Waals surface area contributed by atoms with Crippen LogP contribution in [0.15, 0.2) is 42.5 Å². The fourth-order valence-electron chi connectivity index (χ4n) is 2.21. The molecule has 2 aromatic rings. The monoisotopic (exact) mass is 347 g/mol. The van der Waals surface area contributed by atoms with E-state index in [2.05, 4.69) is 43.4 Å². The maximum atomic E-state index is 12.0. The quantitative estimate of drug-likeness (QED) is 0.732. The SMILES string of the molecule is Cc1cc(Cl)ccc1NC(=O)CSCc1ccc(C(C)C)cc1. The Morgan fingerprint density at radius 1 is 1.17 bits per heavy atom. The molecule has 0 aromatic heterocycles. The first-order valence-electron chi connectivity index (χ1n) is 7.68. The Balaban J connectivity index is 1.80. The highest BCUT2D eigenvalue weighted by Crippen LogP contribution is 2.21. The van der Waals surface area contributed by atoms with E-state index in [1.807, 2.05) is 19.1 Å². The summed E-state index contributed by atoms with van der Waals surface area (Å²) >= 11 is 7.54. The van der Waals surface area contributed by atoms with Gasteiger partial charge in [0.25, 0.3) is 0 Å². The van der Waals surface area contributed by atoms with Crippen molar-refractivity contribution in [1.29, 1.82) is 0 Å². The van der Waals surface area contributed by atoms with Gasteiger partial charge >= 0.3 is 0 Å². The van der Waals surface area contributed by atoms with Gasteiger partial charge < -0.3 is 5.32 Å². The number of benzene rings is 2. The van der Waals surface area contributed by atoms with Crippen molar-refractivity contribution >= 4 is 35.0 Å². The van der Waals surface area contributed by atoms with Gasteiger partial charge in [-0.3, -0.25) is 4.79 Å². The minimum atomic E-state index is 0.0132. The Labute approximate surface area is 147 Å². The van der Waals surface area contributed by atoms with Gasteiger partial charge in [0.05, 0.1) is 5.75 Å². The van der Waals surface area contributed by atoms with E-state index in [1.165, 1.54) is 11.1 Å². The molecule has 2 nitrogen and oxygen atoms in total. The number of thioether (sulfide) groups is 1. The van der Waals surface area contributed by atoms with Crippen LogP contribution < -0.4 is 5.32 Å². The normalized spacial score (nSPS) is 10.8. The van der Waals surface area contributed by atoms with Crippen LogP contribution in [-0.2, 0) is 10.5 Å². The summed E-state index contributed by atoms with van der Waals surface area (Å²) in [5.41, 5.74) is 4.38. The zero-order valence-electron chi connectivity index (χ0n) is 13.7. The zero-order valence-corrected chi connectivity index (χ0v) is 15.3. The lowest BCUT2D eigenvalue weighted by Gasteiger charge is -2.09.